The second-order valence-corrected chi connectivity index (χ2v) is 6.78. The molecule has 0 N–H and O–H groups in total. The number of halogens is 2. The Hall–Kier alpha value is -1.11. The molecule has 0 saturated carbocycles. The summed E-state index contributed by atoms with van der Waals surface area (Å²) in [5.41, 5.74) is 0.732. The minimum atomic E-state index is -3.48. The van der Waals surface area contributed by atoms with Crippen molar-refractivity contribution in [1.29, 1.82) is 0 Å². The van der Waals surface area contributed by atoms with E-state index in [-0.39, 0.29) is 23.3 Å². The highest BCUT2D eigenvalue weighted by molar-refractivity contribution is 7.91. The third-order valence-electron chi connectivity index (χ3n) is 2.45. The van der Waals surface area contributed by atoms with E-state index in [2.05, 4.69) is 10.2 Å². The molecule has 1 aromatic carbocycles. The molecule has 0 fully saturated rings. The van der Waals surface area contributed by atoms with Crippen molar-refractivity contribution in [1.82, 2.24) is 10.2 Å². The van der Waals surface area contributed by atoms with E-state index in [1.807, 2.05) is 0 Å². The SMILES string of the molecule is CCS(=O)(=O)c1nnc(Cc2ccc(Cl)cc2Cl)o1. The Morgan fingerprint density at radius 1 is 1.26 bits per heavy atom. The van der Waals surface area contributed by atoms with Gasteiger partial charge in [0.2, 0.25) is 15.7 Å². The Morgan fingerprint density at radius 3 is 2.63 bits per heavy atom. The topological polar surface area (TPSA) is 73.1 Å². The predicted octanol–water partition coefficient (Wildman–Crippen LogP) is 2.76. The van der Waals surface area contributed by atoms with Crippen LogP contribution in [0.5, 0.6) is 0 Å². The molecule has 0 amide bonds. The van der Waals surface area contributed by atoms with Gasteiger partial charge in [0.1, 0.15) is 0 Å². The number of aromatic nitrogens is 2. The summed E-state index contributed by atoms with van der Waals surface area (Å²) in [5, 5.41) is 7.85. The highest BCUT2D eigenvalue weighted by Gasteiger charge is 2.20. The molecule has 0 saturated heterocycles. The Kier molecular flexibility index (Phi) is 4.13. The molecule has 0 radical (unpaired) electrons. The zero-order valence-corrected chi connectivity index (χ0v) is 12.3. The first-order valence-electron chi connectivity index (χ1n) is 5.41. The molecule has 0 spiro atoms. The van der Waals surface area contributed by atoms with Gasteiger partial charge in [-0.25, -0.2) is 8.42 Å². The number of sulfone groups is 1. The number of benzene rings is 1. The van der Waals surface area contributed by atoms with Gasteiger partial charge in [0.05, 0.1) is 12.2 Å². The van der Waals surface area contributed by atoms with Crippen LogP contribution < -0.4 is 0 Å². The lowest BCUT2D eigenvalue weighted by molar-refractivity contribution is 0.402. The molecule has 0 aliphatic heterocycles. The standard InChI is InChI=1S/C11H10Cl2N2O3S/c1-2-19(16,17)11-15-14-10(18-11)5-7-3-4-8(12)6-9(7)13/h3-4,6H,2,5H2,1H3. The fourth-order valence-electron chi connectivity index (χ4n) is 1.39. The van der Waals surface area contributed by atoms with Crippen LogP contribution in [0.15, 0.2) is 27.8 Å². The van der Waals surface area contributed by atoms with Gasteiger partial charge in [0.25, 0.3) is 0 Å². The van der Waals surface area contributed by atoms with Crippen molar-refractivity contribution in [3.8, 4) is 0 Å². The van der Waals surface area contributed by atoms with Crippen molar-refractivity contribution >= 4 is 33.0 Å². The van der Waals surface area contributed by atoms with Crippen molar-refractivity contribution in [3.63, 3.8) is 0 Å². The average molecular weight is 321 g/mol. The maximum absolute atomic E-state index is 11.5. The fourth-order valence-corrected chi connectivity index (χ4v) is 2.50. The normalized spacial score (nSPS) is 11.7. The third kappa shape index (κ3) is 3.26. The molecular weight excluding hydrogens is 311 g/mol. The number of hydrogen-bond acceptors (Lipinski definition) is 5. The van der Waals surface area contributed by atoms with Crippen LogP contribution in [0.25, 0.3) is 0 Å². The maximum Gasteiger partial charge on any atom is 0.335 e. The molecule has 1 heterocycles. The molecule has 0 unspecified atom stereocenters. The highest BCUT2D eigenvalue weighted by atomic mass is 35.5. The lowest BCUT2D eigenvalue weighted by Gasteiger charge is -2.01. The molecule has 1 aromatic heterocycles. The summed E-state index contributed by atoms with van der Waals surface area (Å²) in [6.45, 7) is 1.51. The van der Waals surface area contributed by atoms with E-state index in [4.69, 9.17) is 27.6 Å². The molecule has 0 atom stereocenters. The second-order valence-electron chi connectivity index (χ2n) is 3.78. The van der Waals surface area contributed by atoms with Gasteiger partial charge in [-0.05, 0) is 17.7 Å². The first-order valence-corrected chi connectivity index (χ1v) is 7.82. The predicted molar refractivity (Wildman–Crippen MR) is 71.3 cm³/mol. The molecule has 19 heavy (non-hydrogen) atoms. The fraction of sp³-hybridized carbons (Fsp3) is 0.273. The van der Waals surface area contributed by atoms with Gasteiger partial charge in [-0.2, -0.15) is 0 Å². The Balaban J connectivity index is 2.25. The smallest absolute Gasteiger partial charge is 0.335 e. The average Bonchev–Trinajstić information content (AvgIpc) is 2.82. The van der Waals surface area contributed by atoms with Crippen molar-refractivity contribution in [3.05, 3.63) is 39.7 Å². The molecule has 102 valence electrons. The molecule has 0 aliphatic carbocycles. The summed E-state index contributed by atoms with van der Waals surface area (Å²) in [4.78, 5) is 0. The first-order chi connectivity index (χ1) is 8.92. The quantitative estimate of drug-likeness (QED) is 0.866. The van der Waals surface area contributed by atoms with E-state index < -0.39 is 9.84 Å². The number of rotatable bonds is 4. The van der Waals surface area contributed by atoms with E-state index in [1.165, 1.54) is 6.92 Å². The number of nitrogens with zero attached hydrogens (tertiary/aromatic N) is 2. The van der Waals surface area contributed by atoms with Gasteiger partial charge in [-0.15, -0.1) is 5.10 Å². The van der Waals surface area contributed by atoms with Gasteiger partial charge in [0.15, 0.2) is 0 Å². The maximum atomic E-state index is 11.5. The van der Waals surface area contributed by atoms with Crippen molar-refractivity contribution < 1.29 is 12.8 Å². The van der Waals surface area contributed by atoms with Gasteiger partial charge < -0.3 is 4.42 Å². The zero-order chi connectivity index (χ0) is 14.0. The first kappa shape index (κ1) is 14.3. The second kappa shape index (κ2) is 5.48. The summed E-state index contributed by atoms with van der Waals surface area (Å²) < 4.78 is 28.2. The summed E-state index contributed by atoms with van der Waals surface area (Å²) in [7, 11) is -3.48. The minimum Gasteiger partial charge on any atom is -0.412 e. The van der Waals surface area contributed by atoms with E-state index in [0.29, 0.717) is 10.0 Å². The van der Waals surface area contributed by atoms with Crippen LogP contribution in [0, 0.1) is 0 Å². The van der Waals surface area contributed by atoms with Crippen LogP contribution in [-0.4, -0.2) is 24.4 Å². The van der Waals surface area contributed by atoms with Crippen LogP contribution in [0.3, 0.4) is 0 Å². The summed E-state index contributed by atoms with van der Waals surface area (Å²) >= 11 is 11.8. The van der Waals surface area contributed by atoms with E-state index >= 15 is 0 Å². The largest absolute Gasteiger partial charge is 0.412 e. The van der Waals surface area contributed by atoms with Crippen LogP contribution in [0.4, 0.5) is 0 Å². The minimum absolute atomic E-state index is 0.0870. The molecular formula is C11H10Cl2N2O3S. The van der Waals surface area contributed by atoms with E-state index in [1.54, 1.807) is 18.2 Å². The van der Waals surface area contributed by atoms with Crippen LogP contribution >= 0.6 is 23.2 Å². The molecule has 2 aromatic rings. The van der Waals surface area contributed by atoms with Crippen LogP contribution in [0.1, 0.15) is 18.4 Å². The van der Waals surface area contributed by atoms with Gasteiger partial charge in [0, 0.05) is 10.0 Å². The van der Waals surface area contributed by atoms with Gasteiger partial charge in [-0.1, -0.05) is 41.3 Å². The van der Waals surface area contributed by atoms with Crippen LogP contribution in [-0.2, 0) is 16.3 Å². The third-order valence-corrected chi connectivity index (χ3v) is 4.50. The van der Waals surface area contributed by atoms with Crippen molar-refractivity contribution in [2.75, 3.05) is 5.75 Å². The molecule has 0 bridgehead atoms. The summed E-state index contributed by atoms with van der Waals surface area (Å²) in [6, 6.07) is 5.00. The van der Waals surface area contributed by atoms with Crippen molar-refractivity contribution in [2.45, 2.75) is 18.6 Å². The lowest BCUT2D eigenvalue weighted by Crippen LogP contribution is -2.03. The summed E-state index contributed by atoms with van der Waals surface area (Å²) in [6.07, 6.45) is 0.252. The molecule has 0 aliphatic rings. The Bertz CT molecular complexity index is 698. The van der Waals surface area contributed by atoms with Gasteiger partial charge >= 0.3 is 5.22 Å². The van der Waals surface area contributed by atoms with E-state index in [0.717, 1.165) is 5.56 Å². The molecule has 5 nitrogen and oxygen atoms in total. The van der Waals surface area contributed by atoms with Gasteiger partial charge in [-0.3, -0.25) is 0 Å². The Morgan fingerprint density at radius 2 is 2.00 bits per heavy atom. The molecule has 8 heteroatoms. The highest BCUT2D eigenvalue weighted by Crippen LogP contribution is 2.23. The van der Waals surface area contributed by atoms with E-state index in [9.17, 15) is 8.42 Å². The van der Waals surface area contributed by atoms with Crippen molar-refractivity contribution in [2.24, 2.45) is 0 Å². The summed E-state index contributed by atoms with van der Waals surface area (Å²) in [5.74, 6) is 0.104. The monoisotopic (exact) mass is 320 g/mol. The Labute approximate surface area is 120 Å². The zero-order valence-electron chi connectivity index (χ0n) is 9.93. The van der Waals surface area contributed by atoms with Crippen LogP contribution in [0.2, 0.25) is 10.0 Å². The number of hydrogen-bond donors (Lipinski definition) is 0. The molecule has 2 rings (SSSR count). The lowest BCUT2D eigenvalue weighted by atomic mass is 10.1.